The van der Waals surface area contributed by atoms with Gasteiger partial charge in [0.15, 0.2) is 0 Å². The lowest BCUT2D eigenvalue weighted by molar-refractivity contribution is -0.128. The second kappa shape index (κ2) is 5.88. The van der Waals surface area contributed by atoms with Gasteiger partial charge in [-0.2, -0.15) is 0 Å². The first-order valence-electron chi connectivity index (χ1n) is 6.06. The highest BCUT2D eigenvalue weighted by Gasteiger charge is 2.28. The van der Waals surface area contributed by atoms with Crippen molar-refractivity contribution < 1.29 is 19.1 Å². The number of furan rings is 1. The predicted octanol–water partition coefficient (Wildman–Crippen LogP) is 0.436. The van der Waals surface area contributed by atoms with E-state index in [4.69, 9.17) is 4.42 Å². The van der Waals surface area contributed by atoms with E-state index in [0.29, 0.717) is 11.5 Å². The van der Waals surface area contributed by atoms with Crippen molar-refractivity contribution in [1.29, 1.82) is 0 Å². The molecule has 0 aliphatic heterocycles. The summed E-state index contributed by atoms with van der Waals surface area (Å²) in [5, 5.41) is 15.3. The molecule has 2 atom stereocenters. The molecule has 0 saturated carbocycles. The van der Waals surface area contributed by atoms with Crippen LogP contribution in [0, 0.1) is 6.92 Å². The van der Waals surface area contributed by atoms with E-state index in [9.17, 15) is 14.7 Å². The van der Waals surface area contributed by atoms with Gasteiger partial charge in [-0.3, -0.25) is 9.59 Å². The summed E-state index contributed by atoms with van der Waals surface area (Å²) in [6, 6.07) is 2.76. The second-order valence-corrected chi connectivity index (χ2v) is 4.82. The molecule has 0 aliphatic carbocycles. The minimum absolute atomic E-state index is 0.00269. The fourth-order valence-electron chi connectivity index (χ4n) is 1.59. The summed E-state index contributed by atoms with van der Waals surface area (Å²) < 4.78 is 5.33. The quantitative estimate of drug-likeness (QED) is 0.722. The Morgan fingerprint density at radius 1 is 1.47 bits per heavy atom. The van der Waals surface area contributed by atoms with Crippen molar-refractivity contribution in [2.75, 3.05) is 6.54 Å². The number of nitrogens with one attached hydrogen (secondary N) is 2. The van der Waals surface area contributed by atoms with Gasteiger partial charge in [-0.05, 0) is 32.9 Å². The van der Waals surface area contributed by atoms with Gasteiger partial charge in [-0.25, -0.2) is 0 Å². The average Bonchev–Trinajstić information content (AvgIpc) is 2.72. The summed E-state index contributed by atoms with van der Waals surface area (Å²) >= 11 is 0. The molecular weight excluding hydrogens is 248 g/mol. The zero-order chi connectivity index (χ0) is 14.6. The number of hydrogen-bond donors (Lipinski definition) is 3. The van der Waals surface area contributed by atoms with Gasteiger partial charge in [0.2, 0.25) is 11.8 Å². The Morgan fingerprint density at radius 2 is 2.11 bits per heavy atom. The molecule has 1 aromatic rings. The Hall–Kier alpha value is -1.82. The molecule has 1 aromatic heterocycles. The summed E-state index contributed by atoms with van der Waals surface area (Å²) in [6.07, 6.45) is 0. The summed E-state index contributed by atoms with van der Waals surface area (Å²) in [4.78, 5) is 22.5. The molecule has 6 heteroatoms. The standard InChI is InChI=1S/C13H20N2O4/c1-8-5-6-11(19-8)13(4,18)7-14-12(17)9(2)15-10(3)16/h5-6,9,18H,7H2,1-4H3,(H,14,17)(H,15,16). The van der Waals surface area contributed by atoms with E-state index in [0.717, 1.165) is 0 Å². The number of aliphatic hydroxyl groups is 1. The van der Waals surface area contributed by atoms with Gasteiger partial charge in [0, 0.05) is 6.92 Å². The van der Waals surface area contributed by atoms with E-state index >= 15 is 0 Å². The van der Waals surface area contributed by atoms with E-state index in [2.05, 4.69) is 10.6 Å². The van der Waals surface area contributed by atoms with Crippen molar-refractivity contribution in [3.05, 3.63) is 23.7 Å². The Bertz CT molecular complexity index is 465. The van der Waals surface area contributed by atoms with Gasteiger partial charge in [0.05, 0.1) is 6.54 Å². The topological polar surface area (TPSA) is 91.6 Å². The van der Waals surface area contributed by atoms with Crippen molar-refractivity contribution in [2.45, 2.75) is 39.3 Å². The lowest BCUT2D eigenvalue weighted by atomic mass is 10.0. The van der Waals surface area contributed by atoms with Gasteiger partial charge in [-0.15, -0.1) is 0 Å². The fraction of sp³-hybridized carbons (Fsp3) is 0.538. The van der Waals surface area contributed by atoms with E-state index in [1.54, 1.807) is 32.9 Å². The van der Waals surface area contributed by atoms with Gasteiger partial charge >= 0.3 is 0 Å². The van der Waals surface area contributed by atoms with Crippen LogP contribution in [0.1, 0.15) is 32.3 Å². The van der Waals surface area contributed by atoms with E-state index in [-0.39, 0.29) is 18.4 Å². The lowest BCUT2D eigenvalue weighted by Gasteiger charge is -2.22. The van der Waals surface area contributed by atoms with Crippen LogP contribution in [0.25, 0.3) is 0 Å². The number of carbonyl (C=O) groups is 2. The van der Waals surface area contributed by atoms with Crippen molar-refractivity contribution in [1.82, 2.24) is 10.6 Å². The summed E-state index contributed by atoms with van der Waals surface area (Å²) in [6.45, 7) is 6.24. The van der Waals surface area contributed by atoms with Crippen molar-refractivity contribution in [3.8, 4) is 0 Å². The molecule has 3 N–H and O–H groups in total. The highest BCUT2D eigenvalue weighted by molar-refractivity contribution is 5.86. The van der Waals surface area contributed by atoms with E-state index in [1.807, 2.05) is 0 Å². The maximum absolute atomic E-state index is 11.7. The van der Waals surface area contributed by atoms with Crippen molar-refractivity contribution in [3.63, 3.8) is 0 Å². The monoisotopic (exact) mass is 268 g/mol. The number of carbonyl (C=O) groups excluding carboxylic acids is 2. The second-order valence-electron chi connectivity index (χ2n) is 4.82. The van der Waals surface area contributed by atoms with Crippen LogP contribution in [-0.4, -0.2) is 29.5 Å². The molecular formula is C13H20N2O4. The van der Waals surface area contributed by atoms with Crippen LogP contribution in [0.2, 0.25) is 0 Å². The first-order chi connectivity index (χ1) is 8.72. The Labute approximate surface area is 112 Å². The molecule has 0 saturated heterocycles. The number of rotatable bonds is 5. The number of amides is 2. The van der Waals surface area contributed by atoms with Gasteiger partial charge in [0.25, 0.3) is 0 Å². The third-order valence-electron chi connectivity index (χ3n) is 2.69. The third kappa shape index (κ3) is 4.40. The highest BCUT2D eigenvalue weighted by atomic mass is 16.4. The highest BCUT2D eigenvalue weighted by Crippen LogP contribution is 2.21. The normalized spacial score (nSPS) is 15.4. The first kappa shape index (κ1) is 15.2. The van der Waals surface area contributed by atoms with Crippen LogP contribution < -0.4 is 10.6 Å². The molecule has 0 radical (unpaired) electrons. The van der Waals surface area contributed by atoms with Gasteiger partial charge in [0.1, 0.15) is 23.2 Å². The zero-order valence-corrected chi connectivity index (χ0v) is 11.6. The summed E-state index contributed by atoms with van der Waals surface area (Å²) in [5.74, 6) is 0.431. The SMILES string of the molecule is CC(=O)NC(C)C(=O)NCC(C)(O)c1ccc(C)o1. The van der Waals surface area contributed by atoms with Crippen LogP contribution in [0.4, 0.5) is 0 Å². The fourth-order valence-corrected chi connectivity index (χ4v) is 1.59. The maximum Gasteiger partial charge on any atom is 0.242 e. The van der Waals surface area contributed by atoms with Crippen molar-refractivity contribution in [2.24, 2.45) is 0 Å². The van der Waals surface area contributed by atoms with Crippen LogP contribution in [0.3, 0.4) is 0 Å². The Balaban J connectivity index is 2.56. The van der Waals surface area contributed by atoms with Crippen LogP contribution >= 0.6 is 0 Å². The molecule has 2 unspecified atom stereocenters. The van der Waals surface area contributed by atoms with E-state index < -0.39 is 11.6 Å². The third-order valence-corrected chi connectivity index (χ3v) is 2.69. The predicted molar refractivity (Wildman–Crippen MR) is 69.3 cm³/mol. The van der Waals surface area contributed by atoms with E-state index in [1.165, 1.54) is 6.92 Å². The molecule has 19 heavy (non-hydrogen) atoms. The number of aryl methyl sites for hydroxylation is 1. The molecule has 6 nitrogen and oxygen atoms in total. The average molecular weight is 268 g/mol. The maximum atomic E-state index is 11.7. The largest absolute Gasteiger partial charge is 0.463 e. The molecule has 2 amide bonds. The van der Waals surface area contributed by atoms with Crippen LogP contribution in [0.5, 0.6) is 0 Å². The molecule has 106 valence electrons. The molecule has 0 spiro atoms. The molecule has 0 fully saturated rings. The lowest BCUT2D eigenvalue weighted by Crippen LogP contribution is -2.47. The molecule has 0 bridgehead atoms. The minimum atomic E-state index is -1.29. The van der Waals surface area contributed by atoms with Gasteiger partial charge in [-0.1, -0.05) is 0 Å². The molecule has 0 aliphatic rings. The van der Waals surface area contributed by atoms with Gasteiger partial charge < -0.3 is 20.2 Å². The molecule has 1 rings (SSSR count). The minimum Gasteiger partial charge on any atom is -0.463 e. The van der Waals surface area contributed by atoms with Crippen LogP contribution in [0.15, 0.2) is 16.5 Å². The number of hydrogen-bond acceptors (Lipinski definition) is 4. The Kier molecular flexibility index (Phi) is 4.72. The molecule has 0 aromatic carbocycles. The summed E-state index contributed by atoms with van der Waals surface area (Å²) in [7, 11) is 0. The molecule has 1 heterocycles. The first-order valence-corrected chi connectivity index (χ1v) is 6.06. The smallest absolute Gasteiger partial charge is 0.242 e. The van der Waals surface area contributed by atoms with Crippen LogP contribution in [-0.2, 0) is 15.2 Å². The summed E-state index contributed by atoms with van der Waals surface area (Å²) in [5.41, 5.74) is -1.29. The zero-order valence-electron chi connectivity index (χ0n) is 11.6. The Morgan fingerprint density at radius 3 is 2.58 bits per heavy atom. The van der Waals surface area contributed by atoms with Crippen molar-refractivity contribution >= 4 is 11.8 Å².